The monoisotopic (exact) mass is 309 g/mol. The SMILES string of the molecule is Cn1cc([C@H]2CCCN2Cc2nc3ccccc3c(=O)[nH]2)cn1. The third kappa shape index (κ3) is 2.66. The van der Waals surface area contributed by atoms with Gasteiger partial charge < -0.3 is 4.98 Å². The molecule has 23 heavy (non-hydrogen) atoms. The highest BCUT2D eigenvalue weighted by Gasteiger charge is 2.27. The molecule has 3 aromatic rings. The molecule has 1 aliphatic heterocycles. The summed E-state index contributed by atoms with van der Waals surface area (Å²) in [4.78, 5) is 22.1. The van der Waals surface area contributed by atoms with Crippen molar-refractivity contribution in [3.8, 4) is 0 Å². The summed E-state index contributed by atoms with van der Waals surface area (Å²) in [5.41, 5.74) is 1.92. The largest absolute Gasteiger partial charge is 0.309 e. The fourth-order valence-corrected chi connectivity index (χ4v) is 3.41. The van der Waals surface area contributed by atoms with Crippen LogP contribution in [0.1, 0.15) is 30.3 Å². The Kier molecular flexibility index (Phi) is 3.46. The quantitative estimate of drug-likeness (QED) is 0.803. The third-order valence-electron chi connectivity index (χ3n) is 4.49. The maximum absolute atomic E-state index is 12.2. The molecule has 1 fully saturated rings. The number of likely N-dealkylation sites (tertiary alicyclic amines) is 1. The molecule has 0 unspecified atom stereocenters. The summed E-state index contributed by atoms with van der Waals surface area (Å²) in [7, 11) is 1.94. The second-order valence-electron chi connectivity index (χ2n) is 6.11. The highest BCUT2D eigenvalue weighted by Crippen LogP contribution is 2.32. The van der Waals surface area contributed by atoms with Crippen molar-refractivity contribution in [1.82, 2.24) is 24.6 Å². The van der Waals surface area contributed by atoms with Crippen LogP contribution < -0.4 is 5.56 Å². The van der Waals surface area contributed by atoms with Gasteiger partial charge in [0.1, 0.15) is 5.82 Å². The smallest absolute Gasteiger partial charge is 0.258 e. The van der Waals surface area contributed by atoms with Gasteiger partial charge in [-0.05, 0) is 31.5 Å². The van der Waals surface area contributed by atoms with Crippen LogP contribution in [0.2, 0.25) is 0 Å². The number of fused-ring (bicyclic) bond motifs is 1. The molecule has 0 radical (unpaired) electrons. The molecule has 3 heterocycles. The van der Waals surface area contributed by atoms with Gasteiger partial charge in [-0.3, -0.25) is 14.4 Å². The maximum atomic E-state index is 12.2. The third-order valence-corrected chi connectivity index (χ3v) is 4.49. The van der Waals surface area contributed by atoms with Crippen molar-refractivity contribution in [2.24, 2.45) is 7.05 Å². The average molecular weight is 309 g/mol. The Morgan fingerprint density at radius 1 is 1.35 bits per heavy atom. The van der Waals surface area contributed by atoms with Crippen LogP contribution >= 0.6 is 0 Å². The zero-order valence-corrected chi connectivity index (χ0v) is 13.1. The Hall–Kier alpha value is -2.47. The minimum absolute atomic E-state index is 0.0669. The number of hydrogen-bond donors (Lipinski definition) is 1. The molecule has 2 aromatic heterocycles. The number of rotatable bonds is 3. The van der Waals surface area contributed by atoms with Gasteiger partial charge >= 0.3 is 0 Å². The second-order valence-corrected chi connectivity index (χ2v) is 6.11. The van der Waals surface area contributed by atoms with Crippen molar-refractivity contribution in [3.05, 3.63) is 58.4 Å². The van der Waals surface area contributed by atoms with Crippen LogP contribution in [-0.4, -0.2) is 31.2 Å². The highest BCUT2D eigenvalue weighted by molar-refractivity contribution is 5.77. The summed E-state index contributed by atoms with van der Waals surface area (Å²) in [5.74, 6) is 0.726. The van der Waals surface area contributed by atoms with E-state index in [9.17, 15) is 4.79 Å². The maximum Gasteiger partial charge on any atom is 0.258 e. The van der Waals surface area contributed by atoms with Crippen molar-refractivity contribution in [2.75, 3.05) is 6.54 Å². The molecule has 0 spiro atoms. The zero-order chi connectivity index (χ0) is 15.8. The summed E-state index contributed by atoms with van der Waals surface area (Å²) < 4.78 is 1.84. The van der Waals surface area contributed by atoms with E-state index in [1.165, 1.54) is 5.56 Å². The number of nitrogens with one attached hydrogen (secondary N) is 1. The lowest BCUT2D eigenvalue weighted by Gasteiger charge is -2.22. The first-order valence-electron chi connectivity index (χ1n) is 7.91. The fourth-order valence-electron chi connectivity index (χ4n) is 3.41. The van der Waals surface area contributed by atoms with E-state index in [-0.39, 0.29) is 5.56 Å². The van der Waals surface area contributed by atoms with Gasteiger partial charge in [0, 0.05) is 24.8 Å². The molecule has 1 atom stereocenters. The van der Waals surface area contributed by atoms with Crippen LogP contribution in [0, 0.1) is 0 Å². The number of aryl methyl sites for hydroxylation is 1. The van der Waals surface area contributed by atoms with E-state index < -0.39 is 0 Å². The predicted octanol–water partition coefficient (Wildman–Crippen LogP) is 1.99. The van der Waals surface area contributed by atoms with Crippen molar-refractivity contribution in [3.63, 3.8) is 0 Å². The summed E-state index contributed by atoms with van der Waals surface area (Å²) >= 11 is 0. The lowest BCUT2D eigenvalue weighted by molar-refractivity contribution is 0.242. The van der Waals surface area contributed by atoms with E-state index in [2.05, 4.69) is 26.2 Å². The standard InChI is InChI=1S/C17H19N5O/c1-21-10-12(9-18-21)15-7-4-8-22(15)11-16-19-14-6-3-2-5-13(14)17(23)20-16/h2-3,5-6,9-10,15H,4,7-8,11H2,1H3,(H,19,20,23)/t15-/m1/s1. The van der Waals surface area contributed by atoms with Gasteiger partial charge in [0.15, 0.2) is 0 Å². The van der Waals surface area contributed by atoms with E-state index in [0.29, 0.717) is 18.0 Å². The molecule has 6 nitrogen and oxygen atoms in total. The molecule has 1 aliphatic rings. The topological polar surface area (TPSA) is 66.8 Å². The normalized spacial score (nSPS) is 18.7. The lowest BCUT2D eigenvalue weighted by atomic mass is 10.1. The van der Waals surface area contributed by atoms with Crippen LogP contribution in [0.3, 0.4) is 0 Å². The van der Waals surface area contributed by atoms with Gasteiger partial charge in [0.2, 0.25) is 0 Å². The van der Waals surface area contributed by atoms with Gasteiger partial charge in [-0.2, -0.15) is 5.10 Å². The molecule has 1 N–H and O–H groups in total. The molecule has 1 saturated heterocycles. The first-order chi connectivity index (χ1) is 11.2. The number of benzene rings is 1. The molecule has 0 bridgehead atoms. The first kappa shape index (κ1) is 14.1. The van der Waals surface area contributed by atoms with E-state index in [1.54, 1.807) is 6.07 Å². The molecule has 1 aromatic carbocycles. The van der Waals surface area contributed by atoms with E-state index in [0.717, 1.165) is 30.7 Å². The number of aromatic amines is 1. The van der Waals surface area contributed by atoms with E-state index >= 15 is 0 Å². The molecule has 6 heteroatoms. The summed E-state index contributed by atoms with van der Waals surface area (Å²) in [5, 5.41) is 4.91. The number of para-hydroxylation sites is 1. The van der Waals surface area contributed by atoms with Gasteiger partial charge in [0.25, 0.3) is 5.56 Å². The number of H-pyrrole nitrogens is 1. The molecular weight excluding hydrogens is 290 g/mol. The molecule has 4 rings (SSSR count). The zero-order valence-electron chi connectivity index (χ0n) is 13.1. The molecular formula is C17H19N5O. The second kappa shape index (κ2) is 5.62. The Morgan fingerprint density at radius 2 is 2.22 bits per heavy atom. The Labute approximate surface area is 133 Å². The van der Waals surface area contributed by atoms with Gasteiger partial charge in [-0.25, -0.2) is 4.98 Å². The van der Waals surface area contributed by atoms with Crippen molar-refractivity contribution in [1.29, 1.82) is 0 Å². The van der Waals surface area contributed by atoms with Crippen molar-refractivity contribution >= 4 is 10.9 Å². The van der Waals surface area contributed by atoms with Crippen LogP contribution in [0.4, 0.5) is 0 Å². The first-order valence-corrected chi connectivity index (χ1v) is 7.91. The van der Waals surface area contributed by atoms with Gasteiger partial charge in [-0.1, -0.05) is 12.1 Å². The molecule has 0 saturated carbocycles. The van der Waals surface area contributed by atoms with Crippen LogP contribution in [0.25, 0.3) is 10.9 Å². The highest BCUT2D eigenvalue weighted by atomic mass is 16.1. The molecule has 118 valence electrons. The summed E-state index contributed by atoms with van der Waals surface area (Å²) in [6, 6.07) is 7.81. The Bertz CT molecular complexity index is 897. The van der Waals surface area contributed by atoms with Crippen molar-refractivity contribution in [2.45, 2.75) is 25.4 Å². The number of aromatic nitrogens is 4. The predicted molar refractivity (Wildman–Crippen MR) is 88.0 cm³/mol. The van der Waals surface area contributed by atoms with E-state index in [1.807, 2.05) is 36.1 Å². The summed E-state index contributed by atoms with van der Waals surface area (Å²) in [6.07, 6.45) is 6.26. The minimum Gasteiger partial charge on any atom is -0.309 e. The lowest BCUT2D eigenvalue weighted by Crippen LogP contribution is -2.25. The van der Waals surface area contributed by atoms with E-state index in [4.69, 9.17) is 0 Å². The number of hydrogen-bond acceptors (Lipinski definition) is 4. The Balaban J connectivity index is 1.63. The summed E-state index contributed by atoms with van der Waals surface area (Å²) in [6.45, 7) is 1.66. The Morgan fingerprint density at radius 3 is 3.04 bits per heavy atom. The fraction of sp³-hybridized carbons (Fsp3) is 0.353. The number of nitrogens with zero attached hydrogens (tertiary/aromatic N) is 4. The van der Waals surface area contributed by atoms with Crippen LogP contribution in [0.5, 0.6) is 0 Å². The minimum atomic E-state index is -0.0669. The van der Waals surface area contributed by atoms with Crippen molar-refractivity contribution < 1.29 is 0 Å². The molecule has 0 amide bonds. The average Bonchev–Trinajstić information content (AvgIpc) is 3.16. The van der Waals surface area contributed by atoms with Crippen LogP contribution in [-0.2, 0) is 13.6 Å². The van der Waals surface area contributed by atoms with Gasteiger partial charge in [0.05, 0.1) is 23.6 Å². The molecule has 0 aliphatic carbocycles. The van der Waals surface area contributed by atoms with Crippen LogP contribution in [0.15, 0.2) is 41.5 Å². The van der Waals surface area contributed by atoms with Gasteiger partial charge in [-0.15, -0.1) is 0 Å².